The predicted octanol–water partition coefficient (Wildman–Crippen LogP) is 3.29. The number of amides is 2. The summed E-state index contributed by atoms with van der Waals surface area (Å²) in [7, 11) is 1.28. The predicted molar refractivity (Wildman–Crippen MR) is 89.4 cm³/mol. The molecule has 6 nitrogen and oxygen atoms in total. The molecule has 0 saturated heterocycles. The van der Waals surface area contributed by atoms with Crippen molar-refractivity contribution in [3.05, 3.63) is 29.8 Å². The van der Waals surface area contributed by atoms with Crippen molar-refractivity contribution in [1.29, 1.82) is 0 Å². The Kier molecular flexibility index (Phi) is 6.14. The Labute approximate surface area is 136 Å². The number of benzene rings is 1. The Balaban J connectivity index is 1.93. The Morgan fingerprint density at radius 3 is 2.39 bits per heavy atom. The maximum Gasteiger partial charge on any atom is 0.427 e. The number of carbonyl (C=O) groups excluding carboxylic acids is 2. The second-order valence-corrected chi connectivity index (χ2v) is 5.70. The smallest absolute Gasteiger partial charge is 0.427 e. The molecule has 0 aromatic heterocycles. The minimum Gasteiger partial charge on any atom is -0.452 e. The van der Waals surface area contributed by atoms with E-state index in [0.717, 1.165) is 36.9 Å². The third kappa shape index (κ3) is 5.09. The maximum absolute atomic E-state index is 12.2. The van der Waals surface area contributed by atoms with Crippen LogP contribution in [-0.2, 0) is 9.53 Å². The number of hydrazone groups is 1. The van der Waals surface area contributed by atoms with Crippen LogP contribution in [-0.4, -0.2) is 24.8 Å². The van der Waals surface area contributed by atoms with E-state index in [-0.39, 0.29) is 11.8 Å². The zero-order valence-electron chi connectivity index (χ0n) is 13.6. The lowest BCUT2D eigenvalue weighted by Gasteiger charge is -2.20. The Bertz CT molecular complexity index is 575. The molecule has 2 rings (SSSR count). The van der Waals surface area contributed by atoms with Crippen LogP contribution < -0.4 is 10.7 Å². The summed E-state index contributed by atoms with van der Waals surface area (Å²) in [6.07, 6.45) is 4.86. The third-order valence-electron chi connectivity index (χ3n) is 4.05. The fourth-order valence-electron chi connectivity index (χ4n) is 2.64. The topological polar surface area (TPSA) is 79.8 Å². The molecule has 124 valence electrons. The van der Waals surface area contributed by atoms with Crippen LogP contribution in [0, 0.1) is 5.92 Å². The molecule has 1 aliphatic carbocycles. The van der Waals surface area contributed by atoms with Gasteiger partial charge < -0.3 is 10.1 Å². The second-order valence-electron chi connectivity index (χ2n) is 5.70. The van der Waals surface area contributed by atoms with Gasteiger partial charge in [-0.3, -0.25) is 4.79 Å². The second kappa shape index (κ2) is 8.31. The van der Waals surface area contributed by atoms with E-state index in [4.69, 9.17) is 0 Å². The lowest BCUT2D eigenvalue weighted by molar-refractivity contribution is -0.120. The summed E-state index contributed by atoms with van der Waals surface area (Å²) in [4.78, 5) is 23.2. The van der Waals surface area contributed by atoms with E-state index in [1.165, 1.54) is 13.5 Å². The number of carbonyl (C=O) groups is 2. The molecule has 1 fully saturated rings. The van der Waals surface area contributed by atoms with Crippen molar-refractivity contribution in [3.63, 3.8) is 0 Å². The van der Waals surface area contributed by atoms with Gasteiger partial charge in [-0.05, 0) is 37.5 Å². The largest absolute Gasteiger partial charge is 0.452 e. The van der Waals surface area contributed by atoms with Gasteiger partial charge in [0.05, 0.1) is 12.8 Å². The van der Waals surface area contributed by atoms with Crippen molar-refractivity contribution in [1.82, 2.24) is 5.43 Å². The quantitative estimate of drug-likeness (QED) is 0.660. The molecular formula is C17H23N3O3. The number of rotatable bonds is 4. The number of nitrogens with one attached hydrogen (secondary N) is 2. The van der Waals surface area contributed by atoms with Crippen molar-refractivity contribution in [2.75, 3.05) is 12.4 Å². The highest BCUT2D eigenvalue weighted by Crippen LogP contribution is 2.25. The van der Waals surface area contributed by atoms with Crippen LogP contribution in [0.2, 0.25) is 0 Å². The molecule has 0 aliphatic heterocycles. The number of methoxy groups -OCH3 is 1. The van der Waals surface area contributed by atoms with Crippen molar-refractivity contribution in [2.45, 2.75) is 39.0 Å². The number of hydrogen-bond donors (Lipinski definition) is 2. The highest BCUT2D eigenvalue weighted by molar-refractivity contribution is 6.00. The van der Waals surface area contributed by atoms with Crippen LogP contribution in [0.15, 0.2) is 29.4 Å². The molecule has 1 saturated carbocycles. The average molecular weight is 317 g/mol. The summed E-state index contributed by atoms with van der Waals surface area (Å²) < 4.78 is 4.45. The lowest BCUT2D eigenvalue weighted by Crippen LogP contribution is -2.24. The molecular weight excluding hydrogens is 294 g/mol. The van der Waals surface area contributed by atoms with Crippen LogP contribution in [0.5, 0.6) is 0 Å². The molecule has 1 aliphatic rings. The van der Waals surface area contributed by atoms with Gasteiger partial charge in [0.15, 0.2) is 0 Å². The fourth-order valence-corrected chi connectivity index (χ4v) is 2.64. The van der Waals surface area contributed by atoms with Gasteiger partial charge in [-0.25, -0.2) is 10.2 Å². The minimum atomic E-state index is -0.610. The molecule has 1 aromatic carbocycles. The Morgan fingerprint density at radius 2 is 1.78 bits per heavy atom. The third-order valence-corrected chi connectivity index (χ3v) is 4.05. The van der Waals surface area contributed by atoms with Crippen molar-refractivity contribution in [2.24, 2.45) is 11.0 Å². The van der Waals surface area contributed by atoms with E-state index < -0.39 is 6.09 Å². The van der Waals surface area contributed by atoms with Gasteiger partial charge in [0.25, 0.3) is 0 Å². The number of ether oxygens (including phenoxy) is 1. The van der Waals surface area contributed by atoms with Crippen molar-refractivity contribution in [3.8, 4) is 0 Å². The van der Waals surface area contributed by atoms with Crippen LogP contribution in [0.3, 0.4) is 0 Å². The summed E-state index contributed by atoms with van der Waals surface area (Å²) in [6.45, 7) is 1.78. The summed E-state index contributed by atoms with van der Waals surface area (Å²) >= 11 is 0. The van der Waals surface area contributed by atoms with E-state index in [0.29, 0.717) is 5.71 Å². The van der Waals surface area contributed by atoms with Crippen molar-refractivity contribution < 1.29 is 14.3 Å². The number of anilines is 1. The van der Waals surface area contributed by atoms with E-state index in [1.54, 1.807) is 6.92 Å². The van der Waals surface area contributed by atoms with Crippen LogP contribution in [0.1, 0.15) is 44.6 Å². The Hall–Kier alpha value is -2.37. The number of hydrogen-bond acceptors (Lipinski definition) is 4. The van der Waals surface area contributed by atoms with Gasteiger partial charge in [0.1, 0.15) is 0 Å². The minimum absolute atomic E-state index is 0.107. The molecule has 0 radical (unpaired) electrons. The molecule has 0 unspecified atom stereocenters. The van der Waals surface area contributed by atoms with Crippen LogP contribution in [0.4, 0.5) is 10.5 Å². The van der Waals surface area contributed by atoms with E-state index in [2.05, 4.69) is 20.6 Å². The first kappa shape index (κ1) is 17.0. The molecule has 0 heterocycles. The molecule has 23 heavy (non-hydrogen) atoms. The van der Waals surface area contributed by atoms with E-state index >= 15 is 0 Å². The SMILES string of the molecule is COC(=O)NN=C(C)c1ccc(NC(=O)C2CCCCC2)cc1. The molecule has 2 N–H and O–H groups in total. The van der Waals surface area contributed by atoms with Crippen LogP contribution >= 0.6 is 0 Å². The van der Waals surface area contributed by atoms with Gasteiger partial charge in [-0.2, -0.15) is 5.10 Å². The first-order valence-corrected chi connectivity index (χ1v) is 7.89. The van der Waals surface area contributed by atoms with Gasteiger partial charge in [-0.1, -0.05) is 31.4 Å². The molecule has 2 amide bonds. The lowest BCUT2D eigenvalue weighted by atomic mass is 9.88. The molecule has 0 spiro atoms. The first-order chi connectivity index (χ1) is 11.1. The monoisotopic (exact) mass is 317 g/mol. The highest BCUT2D eigenvalue weighted by atomic mass is 16.5. The molecule has 6 heteroatoms. The molecule has 0 bridgehead atoms. The summed E-state index contributed by atoms with van der Waals surface area (Å²) in [6, 6.07) is 7.39. The summed E-state index contributed by atoms with van der Waals surface area (Å²) in [5, 5.41) is 6.90. The van der Waals surface area contributed by atoms with Gasteiger partial charge in [0.2, 0.25) is 5.91 Å². The first-order valence-electron chi connectivity index (χ1n) is 7.89. The number of nitrogens with zero attached hydrogens (tertiary/aromatic N) is 1. The normalized spacial score (nSPS) is 15.8. The van der Waals surface area contributed by atoms with Gasteiger partial charge >= 0.3 is 6.09 Å². The summed E-state index contributed by atoms with van der Waals surface area (Å²) in [5.74, 6) is 0.242. The zero-order chi connectivity index (χ0) is 16.7. The molecule has 1 aromatic rings. The van der Waals surface area contributed by atoms with Crippen molar-refractivity contribution >= 4 is 23.4 Å². The maximum atomic E-state index is 12.2. The standard InChI is InChI=1S/C17H23N3O3/c1-12(19-20-17(22)23-2)13-8-10-15(11-9-13)18-16(21)14-6-4-3-5-7-14/h8-11,14H,3-7H2,1-2H3,(H,18,21)(H,20,22). The highest BCUT2D eigenvalue weighted by Gasteiger charge is 2.20. The van der Waals surface area contributed by atoms with Gasteiger partial charge in [-0.15, -0.1) is 0 Å². The average Bonchev–Trinajstić information content (AvgIpc) is 2.60. The fraction of sp³-hybridized carbons (Fsp3) is 0.471. The van der Waals surface area contributed by atoms with E-state index in [9.17, 15) is 9.59 Å². The van der Waals surface area contributed by atoms with Crippen LogP contribution in [0.25, 0.3) is 0 Å². The summed E-state index contributed by atoms with van der Waals surface area (Å²) in [5.41, 5.74) is 4.57. The van der Waals surface area contributed by atoms with E-state index in [1.807, 2.05) is 24.3 Å². The van der Waals surface area contributed by atoms with Gasteiger partial charge in [0, 0.05) is 11.6 Å². The Morgan fingerprint density at radius 1 is 1.13 bits per heavy atom. The zero-order valence-corrected chi connectivity index (χ0v) is 13.6. The molecule has 0 atom stereocenters.